The van der Waals surface area contributed by atoms with E-state index in [9.17, 15) is 9.59 Å². The Kier molecular flexibility index (Phi) is 3.58. The number of carbonyl (C=O) groups excluding carboxylic acids is 1. The number of amides is 1. The highest BCUT2D eigenvalue weighted by molar-refractivity contribution is 6.31. The minimum absolute atomic E-state index is 0.132. The van der Waals surface area contributed by atoms with Crippen LogP contribution in [0.5, 0.6) is 0 Å². The summed E-state index contributed by atoms with van der Waals surface area (Å²) in [5.41, 5.74) is 1.40. The van der Waals surface area contributed by atoms with Crippen LogP contribution in [0.1, 0.15) is 16.1 Å². The summed E-state index contributed by atoms with van der Waals surface area (Å²) in [7, 11) is 3.34. The molecule has 0 aliphatic heterocycles. The molecule has 0 bridgehead atoms. The number of hydrogen-bond acceptors (Lipinski definition) is 5. The summed E-state index contributed by atoms with van der Waals surface area (Å²) in [6.07, 6.45) is 1.35. The number of anilines is 1. The molecule has 0 fully saturated rings. The van der Waals surface area contributed by atoms with Crippen molar-refractivity contribution in [3.8, 4) is 0 Å². The molecule has 132 valence electrons. The van der Waals surface area contributed by atoms with Crippen LogP contribution >= 0.6 is 11.6 Å². The second-order valence-electron chi connectivity index (χ2n) is 5.96. The maximum atomic E-state index is 12.8. The van der Waals surface area contributed by atoms with E-state index in [2.05, 4.69) is 15.3 Å². The maximum Gasteiger partial charge on any atom is 0.265 e. The molecule has 1 aromatic carbocycles. The molecule has 3 heterocycles. The summed E-state index contributed by atoms with van der Waals surface area (Å²) in [5, 5.41) is 3.44. The zero-order chi connectivity index (χ0) is 18.6. The monoisotopic (exact) mass is 371 g/mol. The van der Waals surface area contributed by atoms with Gasteiger partial charge < -0.3 is 13.6 Å². The maximum absolute atomic E-state index is 12.8. The van der Waals surface area contributed by atoms with Crippen LogP contribution in [0, 0.1) is 6.92 Å². The molecule has 0 spiro atoms. The van der Waals surface area contributed by atoms with E-state index in [1.807, 2.05) is 6.07 Å². The third-order valence-corrected chi connectivity index (χ3v) is 4.48. The van der Waals surface area contributed by atoms with Crippen molar-refractivity contribution in [2.45, 2.75) is 6.92 Å². The van der Waals surface area contributed by atoms with Gasteiger partial charge >= 0.3 is 0 Å². The van der Waals surface area contributed by atoms with Crippen LogP contribution in [-0.4, -0.2) is 25.0 Å². The van der Waals surface area contributed by atoms with Gasteiger partial charge in [-0.1, -0.05) is 11.6 Å². The lowest BCUT2D eigenvalue weighted by Gasteiger charge is -2.05. The molecule has 8 nitrogen and oxygen atoms in total. The van der Waals surface area contributed by atoms with Crippen LogP contribution in [0.4, 0.5) is 5.95 Å². The van der Waals surface area contributed by atoms with E-state index >= 15 is 0 Å². The van der Waals surface area contributed by atoms with Crippen LogP contribution in [0.3, 0.4) is 0 Å². The molecule has 0 atom stereocenters. The third kappa shape index (κ3) is 2.38. The molecule has 0 saturated heterocycles. The second kappa shape index (κ2) is 5.70. The number of rotatable bonds is 2. The second-order valence-corrected chi connectivity index (χ2v) is 6.39. The van der Waals surface area contributed by atoms with Gasteiger partial charge in [0, 0.05) is 19.1 Å². The van der Waals surface area contributed by atoms with E-state index < -0.39 is 5.91 Å². The molecule has 0 unspecified atom stereocenters. The van der Waals surface area contributed by atoms with E-state index in [4.69, 9.17) is 16.0 Å². The van der Waals surface area contributed by atoms with Gasteiger partial charge in [-0.3, -0.25) is 14.9 Å². The Bertz CT molecular complexity index is 1250. The number of imidazole rings is 1. The standard InChI is InChI=1S/C17H14ClN5O3/c1-8-12(13-15(26-8)19-7-22(2)16(13)25)14(24)21-17-20-10-6-9(18)4-5-11(10)23(17)3/h4-7H,1-3H3,(H,20,21,24). The lowest BCUT2D eigenvalue weighted by molar-refractivity contribution is 0.102. The Morgan fingerprint density at radius 1 is 1.31 bits per heavy atom. The summed E-state index contributed by atoms with van der Waals surface area (Å²) in [6.45, 7) is 1.62. The Morgan fingerprint density at radius 2 is 2.08 bits per heavy atom. The van der Waals surface area contributed by atoms with Crippen LogP contribution in [-0.2, 0) is 14.1 Å². The van der Waals surface area contributed by atoms with Gasteiger partial charge in [0.2, 0.25) is 11.7 Å². The molecule has 1 N–H and O–H groups in total. The number of halogens is 1. The number of benzene rings is 1. The largest absolute Gasteiger partial charge is 0.442 e. The number of hydrogen-bond donors (Lipinski definition) is 1. The van der Waals surface area contributed by atoms with Gasteiger partial charge in [0.05, 0.1) is 16.6 Å². The van der Waals surface area contributed by atoms with E-state index in [-0.39, 0.29) is 22.2 Å². The third-order valence-electron chi connectivity index (χ3n) is 4.24. The molecule has 4 rings (SSSR count). The fourth-order valence-electron chi connectivity index (χ4n) is 2.91. The number of nitrogens with zero attached hydrogens (tertiary/aromatic N) is 4. The zero-order valence-electron chi connectivity index (χ0n) is 14.2. The first-order valence-electron chi connectivity index (χ1n) is 7.75. The van der Waals surface area contributed by atoms with Crippen molar-refractivity contribution >= 4 is 45.6 Å². The van der Waals surface area contributed by atoms with Gasteiger partial charge in [-0.15, -0.1) is 0 Å². The molecule has 0 aliphatic rings. The molecule has 26 heavy (non-hydrogen) atoms. The minimum atomic E-state index is -0.490. The first-order chi connectivity index (χ1) is 12.4. The van der Waals surface area contributed by atoms with Gasteiger partial charge in [-0.05, 0) is 25.1 Å². The van der Waals surface area contributed by atoms with Crippen molar-refractivity contribution < 1.29 is 9.21 Å². The predicted molar refractivity (Wildman–Crippen MR) is 97.7 cm³/mol. The SMILES string of the molecule is Cc1oc2ncn(C)c(=O)c2c1C(=O)Nc1nc2cc(Cl)ccc2n1C. The summed E-state index contributed by atoms with van der Waals surface area (Å²) in [4.78, 5) is 33.7. The van der Waals surface area contributed by atoms with E-state index in [1.165, 1.54) is 10.9 Å². The molecule has 1 amide bonds. The molecular weight excluding hydrogens is 358 g/mol. The number of aryl methyl sites for hydroxylation is 3. The van der Waals surface area contributed by atoms with Gasteiger partial charge in [-0.2, -0.15) is 0 Å². The first-order valence-corrected chi connectivity index (χ1v) is 8.12. The number of nitrogens with one attached hydrogen (secondary N) is 1. The summed E-state index contributed by atoms with van der Waals surface area (Å²) in [5.74, 6) is 0.160. The summed E-state index contributed by atoms with van der Waals surface area (Å²) in [6, 6.07) is 5.28. The fourth-order valence-corrected chi connectivity index (χ4v) is 3.08. The van der Waals surface area contributed by atoms with Crippen LogP contribution in [0.2, 0.25) is 5.02 Å². The summed E-state index contributed by atoms with van der Waals surface area (Å²) < 4.78 is 8.50. The number of fused-ring (bicyclic) bond motifs is 2. The Balaban J connectivity index is 1.82. The van der Waals surface area contributed by atoms with Gasteiger partial charge in [0.25, 0.3) is 11.5 Å². The van der Waals surface area contributed by atoms with E-state index in [0.717, 1.165) is 5.52 Å². The van der Waals surface area contributed by atoms with Gasteiger partial charge in [-0.25, -0.2) is 9.97 Å². The average Bonchev–Trinajstić information content (AvgIpc) is 3.08. The van der Waals surface area contributed by atoms with Crippen molar-refractivity contribution in [3.05, 3.63) is 51.2 Å². The zero-order valence-corrected chi connectivity index (χ0v) is 15.0. The van der Waals surface area contributed by atoms with E-state index in [0.29, 0.717) is 22.2 Å². The molecule has 0 saturated carbocycles. The molecule has 0 radical (unpaired) electrons. The minimum Gasteiger partial charge on any atom is -0.442 e. The number of furan rings is 1. The van der Waals surface area contributed by atoms with Crippen molar-refractivity contribution in [2.24, 2.45) is 14.1 Å². The molecule has 3 aromatic heterocycles. The molecular formula is C17H14ClN5O3. The van der Waals surface area contributed by atoms with Crippen molar-refractivity contribution in [2.75, 3.05) is 5.32 Å². The smallest absolute Gasteiger partial charge is 0.265 e. The van der Waals surface area contributed by atoms with E-state index in [1.54, 1.807) is 37.7 Å². The molecule has 0 aliphatic carbocycles. The van der Waals surface area contributed by atoms with Gasteiger partial charge in [0.15, 0.2) is 0 Å². The Morgan fingerprint density at radius 3 is 2.85 bits per heavy atom. The lowest BCUT2D eigenvalue weighted by Crippen LogP contribution is -2.21. The van der Waals surface area contributed by atoms with Crippen LogP contribution < -0.4 is 10.9 Å². The predicted octanol–water partition coefficient (Wildman–Crippen LogP) is 2.63. The molecule has 4 aromatic rings. The van der Waals surface area contributed by atoms with Crippen molar-refractivity contribution in [1.82, 2.24) is 19.1 Å². The highest BCUT2D eigenvalue weighted by atomic mass is 35.5. The fraction of sp³-hybridized carbons (Fsp3) is 0.176. The van der Waals surface area contributed by atoms with Crippen LogP contribution in [0.15, 0.2) is 33.7 Å². The number of carbonyl (C=O) groups is 1. The normalized spacial score (nSPS) is 11.4. The molecule has 9 heteroatoms. The van der Waals surface area contributed by atoms with Crippen molar-refractivity contribution in [3.63, 3.8) is 0 Å². The van der Waals surface area contributed by atoms with Gasteiger partial charge in [0.1, 0.15) is 17.5 Å². The number of aromatic nitrogens is 4. The Labute approximate surface area is 152 Å². The van der Waals surface area contributed by atoms with Crippen LogP contribution in [0.25, 0.3) is 22.1 Å². The average molecular weight is 372 g/mol. The Hall–Kier alpha value is -3.13. The quantitative estimate of drug-likeness (QED) is 0.584. The highest BCUT2D eigenvalue weighted by Gasteiger charge is 2.23. The first kappa shape index (κ1) is 16.3. The summed E-state index contributed by atoms with van der Waals surface area (Å²) >= 11 is 5.99. The lowest BCUT2D eigenvalue weighted by atomic mass is 10.2. The topological polar surface area (TPSA) is 94.9 Å². The van der Waals surface area contributed by atoms with Crippen molar-refractivity contribution in [1.29, 1.82) is 0 Å². The highest BCUT2D eigenvalue weighted by Crippen LogP contribution is 2.24.